The van der Waals surface area contributed by atoms with E-state index in [0.717, 1.165) is 11.3 Å². The van der Waals surface area contributed by atoms with Gasteiger partial charge >= 0.3 is 11.1 Å². The SMILES string of the molecule is [C-]#[N+]c1nc(C)c(C(=O)OC)s1. The van der Waals surface area contributed by atoms with Gasteiger partial charge in [0.1, 0.15) is 4.88 Å². The summed E-state index contributed by atoms with van der Waals surface area (Å²) in [6.45, 7) is 8.35. The Bertz CT molecular complexity index is 351. The maximum atomic E-state index is 11.0. The van der Waals surface area contributed by atoms with Gasteiger partial charge in [0.05, 0.1) is 7.11 Å². The van der Waals surface area contributed by atoms with Crippen LogP contribution < -0.4 is 0 Å². The molecule has 0 fully saturated rings. The second-order valence-electron chi connectivity index (χ2n) is 2.01. The zero-order valence-corrected chi connectivity index (χ0v) is 7.44. The first-order chi connectivity index (χ1) is 5.69. The molecule has 0 aliphatic heterocycles. The number of rotatable bonds is 1. The van der Waals surface area contributed by atoms with E-state index in [9.17, 15) is 4.79 Å². The van der Waals surface area contributed by atoms with E-state index in [1.54, 1.807) is 6.92 Å². The molecule has 0 aliphatic carbocycles. The van der Waals surface area contributed by atoms with Gasteiger partial charge in [-0.2, -0.15) is 0 Å². The summed E-state index contributed by atoms with van der Waals surface area (Å²) in [7, 11) is 1.30. The molecule has 1 aromatic heterocycles. The molecule has 0 spiro atoms. The summed E-state index contributed by atoms with van der Waals surface area (Å²) in [4.78, 5) is 18.4. The van der Waals surface area contributed by atoms with Crippen LogP contribution in [0.1, 0.15) is 15.4 Å². The molecule has 1 heterocycles. The lowest BCUT2D eigenvalue weighted by Gasteiger charge is -1.91. The second kappa shape index (κ2) is 3.32. The van der Waals surface area contributed by atoms with Crippen molar-refractivity contribution in [1.82, 2.24) is 4.98 Å². The molecular weight excluding hydrogens is 176 g/mol. The lowest BCUT2D eigenvalue weighted by molar-refractivity contribution is 0.0605. The molecule has 1 aromatic rings. The Labute approximate surface area is 73.6 Å². The summed E-state index contributed by atoms with van der Waals surface area (Å²) in [5.41, 5.74) is 0.554. The molecule has 62 valence electrons. The number of carbonyl (C=O) groups excluding carboxylic acids is 1. The minimum atomic E-state index is -0.431. The smallest absolute Gasteiger partial charge is 0.350 e. The molecule has 0 amide bonds. The van der Waals surface area contributed by atoms with Crippen molar-refractivity contribution in [2.45, 2.75) is 6.92 Å². The van der Waals surface area contributed by atoms with Crippen molar-refractivity contribution in [3.63, 3.8) is 0 Å². The highest BCUT2D eigenvalue weighted by Crippen LogP contribution is 2.25. The highest BCUT2D eigenvalue weighted by atomic mass is 32.1. The molecule has 0 unspecified atom stereocenters. The minimum absolute atomic E-state index is 0.271. The van der Waals surface area contributed by atoms with Gasteiger partial charge < -0.3 is 9.58 Å². The molecule has 0 bridgehead atoms. The predicted molar refractivity (Wildman–Crippen MR) is 44.5 cm³/mol. The number of ether oxygens (including phenoxy) is 1. The summed E-state index contributed by atoms with van der Waals surface area (Å²) < 4.78 is 4.50. The standard InChI is InChI=1S/C7H6N2O2S/c1-4-5(6(10)11-3)12-7(8-2)9-4/h1,3H3. The summed E-state index contributed by atoms with van der Waals surface area (Å²) >= 11 is 1.05. The highest BCUT2D eigenvalue weighted by Gasteiger charge is 2.17. The third-order valence-corrected chi connectivity index (χ3v) is 2.28. The molecule has 12 heavy (non-hydrogen) atoms. The van der Waals surface area contributed by atoms with E-state index in [0.29, 0.717) is 10.6 Å². The lowest BCUT2D eigenvalue weighted by Crippen LogP contribution is -1.99. The molecule has 0 atom stereocenters. The average Bonchev–Trinajstić information content (AvgIpc) is 2.45. The van der Waals surface area contributed by atoms with Crippen LogP contribution in [0.3, 0.4) is 0 Å². The Morgan fingerprint density at radius 2 is 2.42 bits per heavy atom. The largest absolute Gasteiger partial charge is 0.465 e. The van der Waals surface area contributed by atoms with Crippen LogP contribution in [0.2, 0.25) is 0 Å². The van der Waals surface area contributed by atoms with Crippen LogP contribution in [0.25, 0.3) is 4.85 Å². The number of esters is 1. The fourth-order valence-corrected chi connectivity index (χ4v) is 1.48. The van der Waals surface area contributed by atoms with E-state index < -0.39 is 5.97 Å². The van der Waals surface area contributed by atoms with Gasteiger partial charge in [0.15, 0.2) is 5.69 Å². The van der Waals surface area contributed by atoms with Gasteiger partial charge in [0.2, 0.25) is 0 Å². The Kier molecular flexibility index (Phi) is 2.41. The van der Waals surface area contributed by atoms with E-state index in [4.69, 9.17) is 6.57 Å². The Morgan fingerprint density at radius 1 is 1.75 bits per heavy atom. The van der Waals surface area contributed by atoms with Crippen molar-refractivity contribution in [3.8, 4) is 0 Å². The fraction of sp³-hybridized carbons (Fsp3) is 0.286. The highest BCUT2D eigenvalue weighted by molar-refractivity contribution is 7.17. The summed E-state index contributed by atoms with van der Waals surface area (Å²) in [5, 5.41) is 0.271. The topological polar surface area (TPSA) is 43.5 Å². The Balaban J connectivity index is 3.10. The lowest BCUT2D eigenvalue weighted by atomic mass is 10.4. The molecule has 1 rings (SSSR count). The monoisotopic (exact) mass is 182 g/mol. The summed E-state index contributed by atoms with van der Waals surface area (Å²) in [5.74, 6) is -0.431. The Morgan fingerprint density at radius 3 is 2.83 bits per heavy atom. The average molecular weight is 182 g/mol. The van der Waals surface area contributed by atoms with Crippen LogP contribution in [0.5, 0.6) is 0 Å². The van der Waals surface area contributed by atoms with Gasteiger partial charge in [0, 0.05) is 6.92 Å². The van der Waals surface area contributed by atoms with Crippen LogP contribution in [-0.2, 0) is 4.74 Å². The number of methoxy groups -OCH3 is 1. The van der Waals surface area contributed by atoms with Crippen molar-refractivity contribution in [2.24, 2.45) is 0 Å². The van der Waals surface area contributed by atoms with Gasteiger partial charge in [0.25, 0.3) is 0 Å². The second-order valence-corrected chi connectivity index (χ2v) is 2.99. The van der Waals surface area contributed by atoms with Gasteiger partial charge in [-0.1, -0.05) is 6.57 Å². The van der Waals surface area contributed by atoms with Crippen molar-refractivity contribution >= 4 is 22.4 Å². The zero-order valence-electron chi connectivity index (χ0n) is 6.62. The van der Waals surface area contributed by atoms with E-state index in [2.05, 4.69) is 14.6 Å². The molecule has 0 aliphatic rings. The Hall–Kier alpha value is -1.41. The number of hydrogen-bond donors (Lipinski definition) is 0. The number of aromatic nitrogens is 1. The van der Waals surface area contributed by atoms with E-state index >= 15 is 0 Å². The molecule has 0 radical (unpaired) electrons. The molecule has 4 nitrogen and oxygen atoms in total. The molecule has 5 heteroatoms. The van der Waals surface area contributed by atoms with Crippen molar-refractivity contribution in [1.29, 1.82) is 0 Å². The van der Waals surface area contributed by atoms with Crippen LogP contribution in [0.15, 0.2) is 0 Å². The maximum Gasteiger partial charge on any atom is 0.350 e. The van der Waals surface area contributed by atoms with Crippen LogP contribution in [0, 0.1) is 13.5 Å². The van der Waals surface area contributed by atoms with Crippen molar-refractivity contribution in [3.05, 3.63) is 22.0 Å². The van der Waals surface area contributed by atoms with Crippen molar-refractivity contribution in [2.75, 3.05) is 7.11 Å². The van der Waals surface area contributed by atoms with E-state index in [1.165, 1.54) is 7.11 Å². The van der Waals surface area contributed by atoms with Gasteiger partial charge in [-0.25, -0.2) is 4.79 Å². The third kappa shape index (κ3) is 1.43. The molecule has 0 saturated carbocycles. The van der Waals surface area contributed by atoms with Gasteiger partial charge in [-0.05, 0) is 0 Å². The minimum Gasteiger partial charge on any atom is -0.465 e. The van der Waals surface area contributed by atoms with Crippen molar-refractivity contribution < 1.29 is 9.53 Å². The molecule has 0 saturated heterocycles. The summed E-state index contributed by atoms with van der Waals surface area (Å²) in [6, 6.07) is 0. The normalized spacial score (nSPS) is 9.08. The number of carbonyl (C=O) groups is 1. The molecular formula is C7H6N2O2S. The first-order valence-corrected chi connectivity index (χ1v) is 3.94. The quantitative estimate of drug-likeness (QED) is 0.491. The zero-order chi connectivity index (χ0) is 9.14. The van der Waals surface area contributed by atoms with Gasteiger partial charge in [-0.3, -0.25) is 0 Å². The number of hydrogen-bond acceptors (Lipinski definition) is 4. The molecule has 0 N–H and O–H groups in total. The first kappa shape index (κ1) is 8.68. The summed E-state index contributed by atoms with van der Waals surface area (Å²) in [6.07, 6.45) is 0. The van der Waals surface area contributed by atoms with Crippen LogP contribution in [0.4, 0.5) is 5.13 Å². The van der Waals surface area contributed by atoms with Gasteiger partial charge in [-0.15, -0.1) is 16.3 Å². The number of nitrogens with zero attached hydrogens (tertiary/aromatic N) is 2. The predicted octanol–water partition coefficient (Wildman–Crippen LogP) is 1.79. The van der Waals surface area contributed by atoms with Crippen LogP contribution in [-0.4, -0.2) is 18.1 Å². The fourth-order valence-electron chi connectivity index (χ4n) is 0.712. The third-order valence-electron chi connectivity index (χ3n) is 1.25. The van der Waals surface area contributed by atoms with E-state index in [-0.39, 0.29) is 5.13 Å². The number of thiazole rings is 1. The number of aryl methyl sites for hydroxylation is 1. The molecule has 0 aromatic carbocycles. The van der Waals surface area contributed by atoms with Crippen LogP contribution >= 0.6 is 11.3 Å². The maximum absolute atomic E-state index is 11.0. The van der Waals surface area contributed by atoms with E-state index in [1.807, 2.05) is 0 Å². The first-order valence-electron chi connectivity index (χ1n) is 3.12.